The van der Waals surface area contributed by atoms with E-state index in [1.807, 2.05) is 52.0 Å². The van der Waals surface area contributed by atoms with Crippen molar-refractivity contribution in [3.8, 4) is 11.4 Å². The van der Waals surface area contributed by atoms with E-state index in [1.54, 1.807) is 4.90 Å². The second-order valence-electron chi connectivity index (χ2n) is 7.56. The number of piperidine rings is 1. The van der Waals surface area contributed by atoms with Crippen molar-refractivity contribution in [2.24, 2.45) is 0 Å². The van der Waals surface area contributed by atoms with Crippen molar-refractivity contribution in [3.05, 3.63) is 35.7 Å². The summed E-state index contributed by atoms with van der Waals surface area (Å²) in [6, 6.07) is 8.06. The quantitative estimate of drug-likeness (QED) is 0.819. The van der Waals surface area contributed by atoms with Crippen LogP contribution in [0.2, 0.25) is 0 Å². The van der Waals surface area contributed by atoms with Gasteiger partial charge in [0.15, 0.2) is 0 Å². The highest BCUT2D eigenvalue weighted by atomic mass is 16.6. The van der Waals surface area contributed by atoms with Crippen LogP contribution >= 0.6 is 0 Å². The number of likely N-dealkylation sites (tertiary alicyclic amines) is 1. The molecule has 25 heavy (non-hydrogen) atoms. The number of benzene rings is 1. The lowest BCUT2D eigenvalue weighted by atomic mass is 9.97. The maximum Gasteiger partial charge on any atom is 0.410 e. The summed E-state index contributed by atoms with van der Waals surface area (Å²) < 4.78 is 10.9. The highest BCUT2D eigenvalue weighted by Crippen LogP contribution is 2.29. The molecule has 0 N–H and O–H groups in total. The first-order valence-electron chi connectivity index (χ1n) is 8.70. The molecule has 0 bridgehead atoms. The fourth-order valence-electron chi connectivity index (χ4n) is 2.86. The van der Waals surface area contributed by atoms with Crippen LogP contribution in [0.3, 0.4) is 0 Å². The molecule has 1 aliphatic rings. The van der Waals surface area contributed by atoms with E-state index in [-0.39, 0.29) is 12.0 Å². The fourth-order valence-corrected chi connectivity index (χ4v) is 2.86. The van der Waals surface area contributed by atoms with Gasteiger partial charge in [-0.2, -0.15) is 4.98 Å². The van der Waals surface area contributed by atoms with Crippen LogP contribution in [-0.2, 0) is 4.74 Å². The van der Waals surface area contributed by atoms with Crippen LogP contribution in [0.5, 0.6) is 0 Å². The maximum absolute atomic E-state index is 12.1. The number of carbonyl (C=O) groups excluding carboxylic acids is 1. The van der Waals surface area contributed by atoms with Crippen LogP contribution in [0.25, 0.3) is 11.4 Å². The third-order valence-electron chi connectivity index (χ3n) is 4.25. The summed E-state index contributed by atoms with van der Waals surface area (Å²) in [6.45, 7) is 8.96. The highest BCUT2D eigenvalue weighted by Gasteiger charge is 2.30. The van der Waals surface area contributed by atoms with Gasteiger partial charge in [-0.05, 0) is 40.5 Å². The zero-order valence-corrected chi connectivity index (χ0v) is 15.3. The Bertz CT molecular complexity index is 723. The topological polar surface area (TPSA) is 68.5 Å². The SMILES string of the molecule is Cc1ccc(-c2noc(C3CCN(C(=O)OC(C)(C)C)CC3)n2)cc1. The summed E-state index contributed by atoms with van der Waals surface area (Å²) in [7, 11) is 0. The van der Waals surface area contributed by atoms with Gasteiger partial charge in [-0.1, -0.05) is 35.0 Å². The Labute approximate surface area is 148 Å². The standard InChI is InChI=1S/C19H25N3O3/c1-13-5-7-14(8-6-13)16-20-17(25-21-16)15-9-11-22(12-10-15)18(23)24-19(2,3)4/h5-8,15H,9-12H2,1-4H3. The van der Waals surface area contributed by atoms with Gasteiger partial charge in [0.1, 0.15) is 5.60 Å². The molecule has 1 saturated heterocycles. The number of ether oxygens (including phenoxy) is 1. The first kappa shape index (κ1) is 17.5. The second kappa shape index (κ2) is 6.86. The van der Waals surface area contributed by atoms with Gasteiger partial charge < -0.3 is 14.2 Å². The number of aryl methyl sites for hydroxylation is 1. The van der Waals surface area contributed by atoms with Gasteiger partial charge in [0.05, 0.1) is 0 Å². The van der Waals surface area contributed by atoms with E-state index in [4.69, 9.17) is 9.26 Å². The summed E-state index contributed by atoms with van der Waals surface area (Å²) in [5, 5.41) is 4.10. The van der Waals surface area contributed by atoms with Crippen LogP contribution in [0.15, 0.2) is 28.8 Å². The molecule has 0 spiro atoms. The molecule has 3 rings (SSSR count). The van der Waals surface area contributed by atoms with E-state index in [2.05, 4.69) is 10.1 Å². The number of amides is 1. The van der Waals surface area contributed by atoms with Crippen molar-refractivity contribution in [2.45, 2.75) is 52.1 Å². The largest absolute Gasteiger partial charge is 0.444 e. The molecule has 1 aromatic heterocycles. The zero-order valence-electron chi connectivity index (χ0n) is 15.3. The molecular formula is C19H25N3O3. The molecule has 134 valence electrons. The third-order valence-corrected chi connectivity index (χ3v) is 4.25. The minimum Gasteiger partial charge on any atom is -0.444 e. The van der Waals surface area contributed by atoms with E-state index in [9.17, 15) is 4.79 Å². The molecule has 6 heteroatoms. The minimum absolute atomic E-state index is 0.186. The summed E-state index contributed by atoms with van der Waals surface area (Å²) in [6.07, 6.45) is 1.35. The summed E-state index contributed by atoms with van der Waals surface area (Å²) in [5.41, 5.74) is 1.68. The number of nitrogens with zero attached hydrogens (tertiary/aromatic N) is 3. The number of aromatic nitrogens is 2. The fraction of sp³-hybridized carbons (Fsp3) is 0.526. The van der Waals surface area contributed by atoms with E-state index >= 15 is 0 Å². The molecule has 1 fully saturated rings. The summed E-state index contributed by atoms with van der Waals surface area (Å²) >= 11 is 0. The average Bonchev–Trinajstić information content (AvgIpc) is 3.04. The van der Waals surface area contributed by atoms with Gasteiger partial charge in [-0.3, -0.25) is 0 Å². The van der Waals surface area contributed by atoms with E-state index < -0.39 is 5.60 Å². The van der Waals surface area contributed by atoms with E-state index in [1.165, 1.54) is 5.56 Å². The van der Waals surface area contributed by atoms with Crippen LogP contribution in [0.1, 0.15) is 51.0 Å². The maximum atomic E-state index is 12.1. The van der Waals surface area contributed by atoms with Gasteiger partial charge in [0.25, 0.3) is 0 Å². The molecule has 1 amide bonds. The van der Waals surface area contributed by atoms with Crippen LogP contribution < -0.4 is 0 Å². The monoisotopic (exact) mass is 343 g/mol. The van der Waals surface area contributed by atoms with Crippen LogP contribution in [0.4, 0.5) is 4.79 Å². The van der Waals surface area contributed by atoms with Crippen LogP contribution in [0, 0.1) is 6.92 Å². The molecule has 1 aromatic carbocycles. The van der Waals surface area contributed by atoms with Gasteiger partial charge in [0, 0.05) is 24.6 Å². The Morgan fingerprint density at radius 3 is 2.44 bits per heavy atom. The lowest BCUT2D eigenvalue weighted by molar-refractivity contribution is 0.0198. The van der Waals surface area contributed by atoms with Crippen molar-refractivity contribution in [1.82, 2.24) is 15.0 Å². The molecule has 0 saturated carbocycles. The third kappa shape index (κ3) is 4.38. The molecule has 0 radical (unpaired) electrons. The molecular weight excluding hydrogens is 318 g/mol. The van der Waals surface area contributed by atoms with Crippen molar-refractivity contribution < 1.29 is 14.1 Å². The summed E-state index contributed by atoms with van der Waals surface area (Å²) in [4.78, 5) is 18.4. The predicted molar refractivity (Wildman–Crippen MR) is 94.3 cm³/mol. The van der Waals surface area contributed by atoms with Crippen LogP contribution in [-0.4, -0.2) is 39.8 Å². The summed E-state index contributed by atoms with van der Waals surface area (Å²) in [5.74, 6) is 1.45. The molecule has 2 aromatic rings. The van der Waals surface area contributed by atoms with Crippen molar-refractivity contribution in [2.75, 3.05) is 13.1 Å². The molecule has 0 atom stereocenters. The lowest BCUT2D eigenvalue weighted by Gasteiger charge is -2.32. The normalized spacial score (nSPS) is 16.1. The number of carbonyl (C=O) groups is 1. The Balaban J connectivity index is 1.60. The molecule has 0 aliphatic carbocycles. The molecule has 6 nitrogen and oxygen atoms in total. The predicted octanol–water partition coefficient (Wildman–Crippen LogP) is 4.16. The van der Waals surface area contributed by atoms with Crippen molar-refractivity contribution >= 4 is 6.09 Å². The molecule has 1 aliphatic heterocycles. The van der Waals surface area contributed by atoms with E-state index in [0.29, 0.717) is 24.8 Å². The number of rotatable bonds is 2. The number of hydrogen-bond acceptors (Lipinski definition) is 5. The molecule has 2 heterocycles. The van der Waals surface area contributed by atoms with Gasteiger partial charge in [0.2, 0.25) is 11.7 Å². The first-order valence-corrected chi connectivity index (χ1v) is 8.70. The Hall–Kier alpha value is -2.37. The van der Waals surface area contributed by atoms with Gasteiger partial charge in [-0.25, -0.2) is 4.79 Å². The highest BCUT2D eigenvalue weighted by molar-refractivity contribution is 5.68. The minimum atomic E-state index is -0.469. The Kier molecular flexibility index (Phi) is 4.79. The molecule has 0 unspecified atom stereocenters. The number of hydrogen-bond donors (Lipinski definition) is 0. The van der Waals surface area contributed by atoms with Gasteiger partial charge in [-0.15, -0.1) is 0 Å². The van der Waals surface area contributed by atoms with E-state index in [0.717, 1.165) is 18.4 Å². The Morgan fingerprint density at radius 2 is 1.84 bits per heavy atom. The second-order valence-corrected chi connectivity index (χ2v) is 7.56. The lowest BCUT2D eigenvalue weighted by Crippen LogP contribution is -2.41. The smallest absolute Gasteiger partial charge is 0.410 e. The van der Waals surface area contributed by atoms with Crippen molar-refractivity contribution in [3.63, 3.8) is 0 Å². The van der Waals surface area contributed by atoms with Crippen molar-refractivity contribution in [1.29, 1.82) is 0 Å². The first-order chi connectivity index (χ1) is 11.8. The zero-order chi connectivity index (χ0) is 18.0. The Morgan fingerprint density at radius 1 is 1.20 bits per heavy atom. The van der Waals surface area contributed by atoms with Gasteiger partial charge >= 0.3 is 6.09 Å². The average molecular weight is 343 g/mol.